The second kappa shape index (κ2) is 14.3. The van der Waals surface area contributed by atoms with Crippen molar-refractivity contribution in [1.82, 2.24) is 10.2 Å². The Morgan fingerprint density at radius 3 is 2.38 bits per heavy atom. The third-order valence-electron chi connectivity index (χ3n) is 14.4. The van der Waals surface area contributed by atoms with Crippen LogP contribution in [0.5, 0.6) is 0 Å². The number of carbonyl (C=O) groups is 2. The highest BCUT2D eigenvalue weighted by molar-refractivity contribution is 7.21. The van der Waals surface area contributed by atoms with E-state index < -0.39 is 17.1 Å². The lowest BCUT2D eigenvalue weighted by molar-refractivity contribution is -0.0985. The molecule has 4 atom stereocenters. The van der Waals surface area contributed by atoms with Gasteiger partial charge in [0, 0.05) is 28.3 Å². The van der Waals surface area contributed by atoms with E-state index in [1.165, 1.54) is 55.4 Å². The molecule has 0 spiro atoms. The SMILES string of the molecule is CC1=CCCC2(C)C(CCC2(O)CN(CC23CC4CC(CC(C4)C2)C3)C(=O)NC(C)C)c2ccc(cc2C(=O)c2cc3ccccc3s2)CC(O)CC1. The van der Waals surface area contributed by atoms with Crippen molar-refractivity contribution in [3.63, 3.8) is 0 Å². The Morgan fingerprint density at radius 1 is 0.962 bits per heavy atom. The highest BCUT2D eigenvalue weighted by atomic mass is 32.1. The maximum Gasteiger partial charge on any atom is 0.317 e. The molecular weight excluding hydrogens is 677 g/mol. The lowest BCUT2D eigenvalue weighted by Gasteiger charge is -2.58. The molecule has 7 aliphatic rings. The quantitative estimate of drug-likeness (QED) is 0.167. The summed E-state index contributed by atoms with van der Waals surface area (Å²) in [6.07, 6.45) is 14.3. The summed E-state index contributed by atoms with van der Waals surface area (Å²) in [5.41, 5.74) is 2.31. The Morgan fingerprint density at radius 2 is 1.68 bits per heavy atom. The van der Waals surface area contributed by atoms with Crippen LogP contribution in [0.1, 0.15) is 137 Å². The Labute approximate surface area is 320 Å². The molecule has 4 unspecified atom stereocenters. The molecule has 3 aromatic rings. The van der Waals surface area contributed by atoms with E-state index in [1.807, 2.05) is 43.0 Å². The first-order chi connectivity index (χ1) is 25.3. The molecule has 5 fully saturated rings. The van der Waals surface area contributed by atoms with Gasteiger partial charge in [-0.25, -0.2) is 4.79 Å². The van der Waals surface area contributed by atoms with Gasteiger partial charge in [0.1, 0.15) is 0 Å². The van der Waals surface area contributed by atoms with E-state index in [-0.39, 0.29) is 29.2 Å². The average molecular weight is 737 g/mol. The predicted octanol–water partition coefficient (Wildman–Crippen LogP) is 9.81. The van der Waals surface area contributed by atoms with Crippen LogP contribution >= 0.6 is 11.3 Å². The van der Waals surface area contributed by atoms with Gasteiger partial charge in [0.05, 0.1) is 23.1 Å². The van der Waals surface area contributed by atoms with Gasteiger partial charge >= 0.3 is 6.03 Å². The highest BCUT2D eigenvalue weighted by Crippen LogP contribution is 2.62. The van der Waals surface area contributed by atoms with Gasteiger partial charge in [0.25, 0.3) is 0 Å². The fraction of sp³-hybridized carbons (Fsp3) is 0.609. The normalized spacial score (nSPS) is 33.9. The number of rotatable bonds is 7. The maximum absolute atomic E-state index is 14.7. The minimum Gasteiger partial charge on any atom is -0.393 e. The van der Waals surface area contributed by atoms with Crippen LogP contribution in [-0.2, 0) is 6.42 Å². The van der Waals surface area contributed by atoms with E-state index in [4.69, 9.17) is 0 Å². The van der Waals surface area contributed by atoms with E-state index in [0.717, 1.165) is 64.7 Å². The Hall–Kier alpha value is -3.00. The monoisotopic (exact) mass is 736 g/mol. The van der Waals surface area contributed by atoms with E-state index in [9.17, 15) is 19.8 Å². The molecular formula is C46H60N2O4S. The fourth-order valence-electron chi connectivity index (χ4n) is 12.2. The van der Waals surface area contributed by atoms with Crippen LogP contribution in [0.4, 0.5) is 4.79 Å². The van der Waals surface area contributed by atoms with Gasteiger partial charge in [-0.3, -0.25) is 4.79 Å². The zero-order chi connectivity index (χ0) is 37.1. The number of carbonyl (C=O) groups excluding carboxylic acids is 2. The number of hydrogen-bond acceptors (Lipinski definition) is 5. The number of urea groups is 1. The van der Waals surface area contributed by atoms with Gasteiger partial charge in [-0.2, -0.15) is 0 Å². The Balaban J connectivity index is 1.18. The summed E-state index contributed by atoms with van der Waals surface area (Å²) in [6.45, 7) is 9.45. The van der Waals surface area contributed by atoms with E-state index >= 15 is 0 Å². The Bertz CT molecular complexity index is 1830. The molecule has 0 saturated heterocycles. The number of aliphatic hydroxyl groups is 2. The molecule has 2 aromatic carbocycles. The summed E-state index contributed by atoms with van der Waals surface area (Å²) in [5, 5.41) is 28.6. The lowest BCUT2D eigenvalue weighted by atomic mass is 9.49. The van der Waals surface area contributed by atoms with Gasteiger partial charge in [0.2, 0.25) is 5.78 Å². The molecule has 6 nitrogen and oxygen atoms in total. The van der Waals surface area contributed by atoms with Gasteiger partial charge < -0.3 is 20.4 Å². The largest absolute Gasteiger partial charge is 0.393 e. The van der Waals surface area contributed by atoms with Gasteiger partial charge in [-0.1, -0.05) is 48.9 Å². The van der Waals surface area contributed by atoms with Crippen molar-refractivity contribution < 1.29 is 19.8 Å². The molecule has 1 aromatic heterocycles. The molecule has 10 rings (SSSR count). The molecule has 7 aliphatic carbocycles. The first-order valence-electron chi connectivity index (χ1n) is 20.6. The van der Waals surface area contributed by atoms with Crippen LogP contribution in [0.25, 0.3) is 10.1 Å². The number of aliphatic hydroxyl groups excluding tert-OH is 1. The summed E-state index contributed by atoms with van der Waals surface area (Å²) in [4.78, 5) is 31.6. The van der Waals surface area contributed by atoms with Crippen LogP contribution in [0.3, 0.4) is 0 Å². The van der Waals surface area contributed by atoms with Gasteiger partial charge in [-0.05, 0) is 168 Å². The number of benzene rings is 2. The summed E-state index contributed by atoms with van der Waals surface area (Å²) < 4.78 is 1.09. The predicted molar refractivity (Wildman–Crippen MR) is 215 cm³/mol. The number of thiophene rings is 1. The first-order valence-corrected chi connectivity index (χ1v) is 21.4. The van der Waals surface area contributed by atoms with E-state index in [1.54, 1.807) is 0 Å². The molecule has 6 bridgehead atoms. The van der Waals surface area contributed by atoms with Crippen LogP contribution in [0.15, 0.2) is 60.2 Å². The number of amides is 2. The van der Waals surface area contributed by atoms with E-state index in [2.05, 4.69) is 49.5 Å². The van der Waals surface area contributed by atoms with Crippen LogP contribution in [0.2, 0.25) is 0 Å². The second-order valence-corrected chi connectivity index (χ2v) is 19.9. The molecule has 1 heterocycles. The lowest BCUT2D eigenvalue weighted by Crippen LogP contribution is -2.59. The Kier molecular flexibility index (Phi) is 9.94. The van der Waals surface area contributed by atoms with Crippen molar-refractivity contribution in [2.45, 2.75) is 135 Å². The van der Waals surface area contributed by atoms with E-state index in [0.29, 0.717) is 42.8 Å². The van der Waals surface area contributed by atoms with Gasteiger partial charge in [0.15, 0.2) is 0 Å². The summed E-state index contributed by atoms with van der Waals surface area (Å²) in [6, 6.07) is 16.4. The summed E-state index contributed by atoms with van der Waals surface area (Å²) in [5.74, 6) is 2.28. The smallest absolute Gasteiger partial charge is 0.317 e. The number of nitrogens with zero attached hydrogens (tertiary/aromatic N) is 1. The minimum absolute atomic E-state index is 0.00453. The molecule has 2 amide bonds. The first kappa shape index (κ1) is 36.9. The third-order valence-corrected chi connectivity index (χ3v) is 15.5. The maximum atomic E-state index is 14.7. The molecule has 3 N–H and O–H groups in total. The number of allylic oxidation sites excluding steroid dienone is 2. The second-order valence-electron chi connectivity index (χ2n) is 18.8. The van der Waals surface area contributed by atoms with Crippen molar-refractivity contribution in [1.29, 1.82) is 0 Å². The number of nitrogens with one attached hydrogen (secondary N) is 1. The van der Waals surface area contributed by atoms with Crippen molar-refractivity contribution in [2.75, 3.05) is 13.1 Å². The number of fused-ring (bicyclic) bond motifs is 9. The molecule has 0 aliphatic heterocycles. The fourth-order valence-corrected chi connectivity index (χ4v) is 13.2. The summed E-state index contributed by atoms with van der Waals surface area (Å²) in [7, 11) is 0. The van der Waals surface area contributed by atoms with Crippen molar-refractivity contribution in [3.05, 3.63) is 81.7 Å². The topological polar surface area (TPSA) is 89.9 Å². The number of hydrogen-bond donors (Lipinski definition) is 3. The standard InChI is InChI=1S/C46H60N2O4S/c1-29(2)47-43(51)48(27-45-24-32-18-33(25-45)20-34(19-32)26-45)28-46(52)17-15-39-37-14-12-31(21-36(49)13-11-30(3)8-7-16-44(39,46)4)22-38(37)42(50)41-23-35-9-5-6-10-40(35)53-41/h5-6,8-10,12,14,22-23,29,32-34,36,39,49,52H,7,11,13,15-21,24-28H2,1-4H3,(H,47,51). The molecule has 7 heteroatoms. The zero-order valence-corrected chi connectivity index (χ0v) is 33.1. The van der Waals surface area contributed by atoms with Crippen molar-refractivity contribution in [2.24, 2.45) is 28.6 Å². The summed E-state index contributed by atoms with van der Waals surface area (Å²) >= 11 is 1.53. The number of ketones is 1. The van der Waals surface area contributed by atoms with Crippen molar-refractivity contribution >= 4 is 33.2 Å². The molecule has 284 valence electrons. The molecule has 0 radical (unpaired) electrons. The molecule has 5 saturated carbocycles. The van der Waals surface area contributed by atoms with Crippen LogP contribution < -0.4 is 5.32 Å². The van der Waals surface area contributed by atoms with Crippen LogP contribution in [0, 0.1) is 28.6 Å². The average Bonchev–Trinajstić information content (AvgIpc) is 3.64. The van der Waals surface area contributed by atoms with Gasteiger partial charge in [-0.15, -0.1) is 11.3 Å². The minimum atomic E-state index is -1.14. The van der Waals surface area contributed by atoms with Crippen molar-refractivity contribution in [3.8, 4) is 0 Å². The van der Waals surface area contributed by atoms with Crippen LogP contribution in [-0.4, -0.2) is 57.8 Å². The zero-order valence-electron chi connectivity index (χ0n) is 32.3. The molecule has 53 heavy (non-hydrogen) atoms. The highest BCUT2D eigenvalue weighted by Gasteiger charge is 2.59. The third kappa shape index (κ3) is 7.15.